The third-order valence-electron chi connectivity index (χ3n) is 5.64. The molecule has 3 aromatic rings. The van der Waals surface area contributed by atoms with Gasteiger partial charge in [-0.15, -0.1) is 0 Å². The Morgan fingerprint density at radius 2 is 1.41 bits per heavy atom. The van der Waals surface area contributed by atoms with Crippen molar-refractivity contribution in [2.75, 3.05) is 7.11 Å². The topological polar surface area (TPSA) is 96.7 Å². The number of halogens is 3. The van der Waals surface area contributed by atoms with Crippen LogP contribution < -0.4 is 4.74 Å². The molecule has 0 amide bonds. The summed E-state index contributed by atoms with van der Waals surface area (Å²) in [5.41, 5.74) is 3.87. The third kappa shape index (κ3) is 8.21. The number of benzene rings is 2. The lowest BCUT2D eigenvalue weighted by atomic mass is 9.88. The Hall–Kier alpha value is -3.08. The van der Waals surface area contributed by atoms with E-state index >= 15 is 0 Å². The molecule has 0 saturated carbocycles. The van der Waals surface area contributed by atoms with Crippen molar-refractivity contribution in [2.45, 2.75) is 52.4 Å². The number of hydrogen-bond donors (Lipinski definition) is 2. The standard InChI is InChI=1S/C17H18FNO3.C11H12FIO2/c1-10(2)12-6-11(18)7-13(14(12)8-17(20)21)15-9-19-5-4-16(15)22-3;1-6(2)8-3-7(12)4-10(13)9(8)5-11(14)15/h4-7,9-10H,8H2,1-3H3,(H,20,21);3-4,6H,5H2,1-2H3,(H,14,15). The van der Waals surface area contributed by atoms with Gasteiger partial charge in [0.2, 0.25) is 0 Å². The number of carboxylic acid groups (broad SMARTS) is 2. The van der Waals surface area contributed by atoms with Crippen molar-refractivity contribution in [3.8, 4) is 16.9 Å². The molecule has 0 atom stereocenters. The fourth-order valence-electron chi connectivity index (χ4n) is 4.00. The Morgan fingerprint density at radius 3 is 1.92 bits per heavy atom. The van der Waals surface area contributed by atoms with Crippen LogP contribution in [-0.4, -0.2) is 34.2 Å². The van der Waals surface area contributed by atoms with Crippen LogP contribution in [0.4, 0.5) is 8.78 Å². The Labute approximate surface area is 228 Å². The van der Waals surface area contributed by atoms with E-state index in [4.69, 9.17) is 9.84 Å². The molecule has 2 aromatic carbocycles. The highest BCUT2D eigenvalue weighted by atomic mass is 127. The Kier molecular flexibility index (Phi) is 11.0. The van der Waals surface area contributed by atoms with Crippen LogP contribution in [0.1, 0.15) is 61.8 Å². The van der Waals surface area contributed by atoms with Gasteiger partial charge in [0.05, 0.1) is 20.0 Å². The van der Waals surface area contributed by atoms with Gasteiger partial charge in [-0.2, -0.15) is 0 Å². The van der Waals surface area contributed by atoms with Crippen LogP contribution in [0.5, 0.6) is 5.75 Å². The van der Waals surface area contributed by atoms with E-state index in [1.807, 2.05) is 50.3 Å². The number of hydrogen-bond acceptors (Lipinski definition) is 4. The number of carbonyl (C=O) groups is 2. The van der Waals surface area contributed by atoms with Crippen molar-refractivity contribution in [1.29, 1.82) is 0 Å². The van der Waals surface area contributed by atoms with Crippen molar-refractivity contribution < 1.29 is 33.3 Å². The molecule has 198 valence electrons. The highest BCUT2D eigenvalue weighted by Gasteiger charge is 2.20. The van der Waals surface area contributed by atoms with E-state index in [0.29, 0.717) is 31.6 Å². The second-order valence-electron chi connectivity index (χ2n) is 9.00. The summed E-state index contributed by atoms with van der Waals surface area (Å²) in [7, 11) is 1.51. The monoisotopic (exact) mass is 625 g/mol. The second-order valence-corrected chi connectivity index (χ2v) is 10.2. The van der Waals surface area contributed by atoms with Crippen molar-refractivity contribution in [2.24, 2.45) is 0 Å². The normalized spacial score (nSPS) is 10.8. The van der Waals surface area contributed by atoms with Crippen molar-refractivity contribution >= 4 is 34.5 Å². The molecular weight excluding hydrogens is 595 g/mol. The lowest BCUT2D eigenvalue weighted by Gasteiger charge is -2.18. The number of aliphatic carboxylic acids is 2. The van der Waals surface area contributed by atoms with E-state index < -0.39 is 17.8 Å². The predicted octanol–water partition coefficient (Wildman–Crippen LogP) is 6.83. The van der Waals surface area contributed by atoms with Gasteiger partial charge >= 0.3 is 11.9 Å². The molecule has 1 aromatic heterocycles. The van der Waals surface area contributed by atoms with Crippen LogP contribution in [0, 0.1) is 15.2 Å². The summed E-state index contributed by atoms with van der Waals surface area (Å²) in [6, 6.07) is 7.19. The number of ether oxygens (including phenoxy) is 1. The summed E-state index contributed by atoms with van der Waals surface area (Å²) in [6.07, 6.45) is 2.90. The first-order valence-corrected chi connectivity index (χ1v) is 12.7. The van der Waals surface area contributed by atoms with E-state index in [9.17, 15) is 23.5 Å². The molecule has 3 rings (SSSR count). The van der Waals surface area contributed by atoms with Gasteiger partial charge in [-0.25, -0.2) is 8.78 Å². The zero-order chi connectivity index (χ0) is 27.9. The van der Waals surface area contributed by atoms with Crippen LogP contribution >= 0.6 is 22.6 Å². The van der Waals surface area contributed by atoms with Gasteiger partial charge in [-0.1, -0.05) is 27.7 Å². The van der Waals surface area contributed by atoms with E-state index in [2.05, 4.69) is 4.98 Å². The number of aromatic nitrogens is 1. The van der Waals surface area contributed by atoms with Gasteiger partial charge in [0.15, 0.2) is 0 Å². The average Bonchev–Trinajstić information content (AvgIpc) is 2.81. The molecule has 6 nitrogen and oxygen atoms in total. The van der Waals surface area contributed by atoms with E-state index in [-0.39, 0.29) is 30.5 Å². The van der Waals surface area contributed by atoms with Crippen molar-refractivity contribution in [3.05, 3.63) is 80.2 Å². The quantitative estimate of drug-likeness (QED) is 0.267. The zero-order valence-corrected chi connectivity index (χ0v) is 23.5. The molecular formula is C28H30F2INO5. The highest BCUT2D eigenvalue weighted by Crippen LogP contribution is 2.36. The lowest BCUT2D eigenvalue weighted by Crippen LogP contribution is -2.08. The molecule has 0 unspecified atom stereocenters. The minimum Gasteiger partial charge on any atom is -0.496 e. The molecule has 37 heavy (non-hydrogen) atoms. The maximum Gasteiger partial charge on any atom is 0.307 e. The fourth-order valence-corrected chi connectivity index (χ4v) is 4.80. The molecule has 0 aliphatic heterocycles. The number of methoxy groups -OCH3 is 1. The molecule has 0 aliphatic carbocycles. The number of carboxylic acids is 2. The minimum atomic E-state index is -0.961. The van der Waals surface area contributed by atoms with Crippen LogP contribution in [0.3, 0.4) is 0 Å². The summed E-state index contributed by atoms with van der Waals surface area (Å²) >= 11 is 1.97. The summed E-state index contributed by atoms with van der Waals surface area (Å²) < 4.78 is 33.1. The van der Waals surface area contributed by atoms with Gasteiger partial charge in [-0.05, 0) is 92.6 Å². The molecule has 0 spiro atoms. The predicted molar refractivity (Wildman–Crippen MR) is 146 cm³/mol. The first kappa shape index (κ1) is 30.1. The summed E-state index contributed by atoms with van der Waals surface area (Å²) in [6.45, 7) is 7.67. The minimum absolute atomic E-state index is 0.00599. The molecule has 0 saturated heterocycles. The Morgan fingerprint density at radius 1 is 0.892 bits per heavy atom. The van der Waals surface area contributed by atoms with Gasteiger partial charge in [0, 0.05) is 21.5 Å². The largest absolute Gasteiger partial charge is 0.496 e. The van der Waals surface area contributed by atoms with Crippen LogP contribution in [0.15, 0.2) is 42.7 Å². The van der Waals surface area contributed by atoms with Crippen LogP contribution in [-0.2, 0) is 22.4 Å². The molecule has 9 heteroatoms. The average molecular weight is 625 g/mol. The Balaban J connectivity index is 0.000000281. The maximum atomic E-state index is 14.0. The highest BCUT2D eigenvalue weighted by molar-refractivity contribution is 14.1. The van der Waals surface area contributed by atoms with Gasteiger partial charge in [0.25, 0.3) is 0 Å². The zero-order valence-electron chi connectivity index (χ0n) is 21.3. The van der Waals surface area contributed by atoms with E-state index in [0.717, 1.165) is 11.1 Å². The maximum absolute atomic E-state index is 14.0. The van der Waals surface area contributed by atoms with Gasteiger partial charge in [0.1, 0.15) is 17.4 Å². The molecule has 0 fully saturated rings. The summed E-state index contributed by atoms with van der Waals surface area (Å²) in [5.74, 6) is -1.90. The molecule has 0 aliphatic rings. The fraction of sp³-hybridized carbons (Fsp3) is 0.321. The van der Waals surface area contributed by atoms with Gasteiger partial charge in [-0.3, -0.25) is 14.6 Å². The van der Waals surface area contributed by atoms with Crippen molar-refractivity contribution in [3.63, 3.8) is 0 Å². The number of nitrogens with zero attached hydrogens (tertiary/aromatic N) is 1. The first-order valence-electron chi connectivity index (χ1n) is 11.6. The second kappa shape index (κ2) is 13.5. The first-order chi connectivity index (χ1) is 17.3. The van der Waals surface area contributed by atoms with E-state index in [1.54, 1.807) is 18.5 Å². The van der Waals surface area contributed by atoms with E-state index in [1.165, 1.54) is 31.4 Å². The lowest BCUT2D eigenvalue weighted by molar-refractivity contribution is -0.137. The van der Waals surface area contributed by atoms with Crippen LogP contribution in [0.25, 0.3) is 11.1 Å². The smallest absolute Gasteiger partial charge is 0.307 e. The summed E-state index contributed by atoms with van der Waals surface area (Å²) in [5, 5.41) is 18.0. The van der Waals surface area contributed by atoms with Crippen LogP contribution in [0.2, 0.25) is 0 Å². The van der Waals surface area contributed by atoms with Gasteiger partial charge < -0.3 is 14.9 Å². The molecule has 0 bridgehead atoms. The SMILES string of the molecule is CC(C)c1cc(F)cc(I)c1CC(=O)O.COc1ccncc1-c1cc(F)cc(C(C)C)c1CC(=O)O. The van der Waals surface area contributed by atoms with Crippen molar-refractivity contribution in [1.82, 2.24) is 4.98 Å². The molecule has 1 heterocycles. The number of pyridine rings is 1. The molecule has 0 radical (unpaired) electrons. The number of rotatable bonds is 8. The Bertz CT molecular complexity index is 1280. The third-order valence-corrected chi connectivity index (χ3v) is 6.60. The summed E-state index contributed by atoms with van der Waals surface area (Å²) in [4.78, 5) is 26.0. The molecule has 2 N–H and O–H groups in total.